The van der Waals surface area contributed by atoms with Crippen molar-refractivity contribution >= 4 is 44.3 Å². The van der Waals surface area contributed by atoms with Crippen molar-refractivity contribution in [1.29, 1.82) is 0 Å². The van der Waals surface area contributed by atoms with Gasteiger partial charge in [-0.2, -0.15) is 0 Å². The van der Waals surface area contributed by atoms with Gasteiger partial charge in [0.05, 0.1) is 0 Å². The molecule has 0 aliphatic rings. The molecule has 0 unspecified atom stereocenters. The first-order valence-electron chi connectivity index (χ1n) is 4.01. The molecule has 0 atom stereocenters. The number of hydrogen-bond donors (Lipinski definition) is 0. The molecule has 0 amide bonds. The van der Waals surface area contributed by atoms with E-state index >= 15 is 0 Å². The second kappa shape index (κ2) is 4.31. The summed E-state index contributed by atoms with van der Waals surface area (Å²) in [5, 5.41) is 0.934. The van der Waals surface area contributed by atoms with Crippen molar-refractivity contribution in [1.82, 2.24) is 0 Å². The van der Waals surface area contributed by atoms with E-state index in [1.54, 1.807) is 0 Å². The molecule has 72 valence electrons. The van der Waals surface area contributed by atoms with Crippen LogP contribution in [0, 0.1) is 0 Å². The van der Waals surface area contributed by atoms with E-state index in [9.17, 15) is 0 Å². The van der Waals surface area contributed by atoms with E-state index in [2.05, 4.69) is 13.8 Å². The Morgan fingerprint density at radius 3 is 2.15 bits per heavy atom. The molecule has 1 aromatic rings. The van der Waals surface area contributed by atoms with Crippen LogP contribution in [-0.2, 0) is 11.8 Å². The average Bonchev–Trinajstić information content (AvgIpc) is 2.03. The molecule has 0 saturated carbocycles. The van der Waals surface area contributed by atoms with Gasteiger partial charge in [-0.1, -0.05) is 72.4 Å². The highest BCUT2D eigenvalue weighted by Crippen LogP contribution is 2.56. The molecule has 0 aliphatic heterocycles. The summed E-state index contributed by atoms with van der Waals surface area (Å²) in [6.45, 7) is 4.22. The summed E-state index contributed by atoms with van der Waals surface area (Å²) in [6.07, 6.45) is 0. The first-order chi connectivity index (χ1) is 5.93. The summed E-state index contributed by atoms with van der Waals surface area (Å²) in [5.41, 5.74) is 1.16. The zero-order valence-electron chi connectivity index (χ0n) is 7.50. The molecule has 0 fully saturated rings. The smallest absolute Gasteiger partial charge is 0.0633 e. The summed E-state index contributed by atoms with van der Waals surface area (Å²) in [4.78, 5) is 0. The lowest BCUT2D eigenvalue weighted by Crippen LogP contribution is -2.07. The van der Waals surface area contributed by atoms with Crippen molar-refractivity contribution in [2.45, 2.75) is 19.8 Å². The van der Waals surface area contributed by atoms with Gasteiger partial charge in [0.15, 0.2) is 0 Å². The van der Waals surface area contributed by atoms with Gasteiger partial charge in [-0.3, -0.25) is 0 Å². The molecule has 0 saturated heterocycles. The highest BCUT2D eigenvalue weighted by molar-refractivity contribution is 8.42. The fourth-order valence-electron chi connectivity index (χ4n) is 1.21. The van der Waals surface area contributed by atoms with Crippen LogP contribution in [0.4, 0.5) is 0 Å². The van der Waals surface area contributed by atoms with Crippen LogP contribution >= 0.6 is 27.2 Å². The summed E-state index contributed by atoms with van der Waals surface area (Å²) >= 11 is 17.1. The Balaban J connectivity index is 3.29. The van der Waals surface area contributed by atoms with Gasteiger partial charge in [0.25, 0.3) is 0 Å². The fourth-order valence-corrected chi connectivity index (χ4v) is 3.53. The fraction of sp³-hybridized carbons (Fsp3) is 0.333. The Morgan fingerprint density at radius 1 is 1.23 bits per heavy atom. The quantitative estimate of drug-likeness (QED) is 0.711. The maximum Gasteiger partial charge on any atom is 0.147 e. The third kappa shape index (κ3) is 2.95. The molecule has 0 N–H and O–H groups in total. The molecule has 1 rings (SSSR count). The first kappa shape index (κ1) is 11.5. The van der Waals surface area contributed by atoms with Crippen molar-refractivity contribution in [2.75, 3.05) is 0 Å². The Hall–Kier alpha value is 0.450. The van der Waals surface area contributed by atoms with Gasteiger partial charge in [0, 0.05) is 5.30 Å². The number of benzene rings is 1. The lowest BCUT2D eigenvalue weighted by atomic mass is 10.0. The molecular formula is C9H11Cl2PS. The van der Waals surface area contributed by atoms with Gasteiger partial charge < -0.3 is 0 Å². The monoisotopic (exact) mass is 252 g/mol. The summed E-state index contributed by atoms with van der Waals surface area (Å²) in [6, 6.07) is 7.87. The first-order valence-corrected chi connectivity index (χ1v) is 8.63. The predicted molar refractivity (Wildman–Crippen MR) is 66.2 cm³/mol. The van der Waals surface area contributed by atoms with Gasteiger partial charge >= 0.3 is 0 Å². The van der Waals surface area contributed by atoms with Crippen LogP contribution in [0.3, 0.4) is 0 Å². The molecule has 0 radical (unpaired) electrons. The zero-order valence-corrected chi connectivity index (χ0v) is 10.7. The summed E-state index contributed by atoms with van der Waals surface area (Å²) < 4.78 is -2.33. The number of hydrogen-bond acceptors (Lipinski definition) is 1. The van der Waals surface area contributed by atoms with E-state index in [-0.39, 0.29) is 0 Å². The lowest BCUT2D eigenvalue weighted by molar-refractivity contribution is 0.874. The zero-order chi connectivity index (χ0) is 10.1. The van der Waals surface area contributed by atoms with E-state index in [0.29, 0.717) is 5.92 Å². The highest BCUT2D eigenvalue weighted by atomic mass is 35.9. The molecule has 0 nitrogen and oxygen atoms in total. The van der Waals surface area contributed by atoms with E-state index in [0.717, 1.165) is 10.9 Å². The van der Waals surface area contributed by atoms with E-state index in [1.807, 2.05) is 24.3 Å². The van der Waals surface area contributed by atoms with E-state index in [1.165, 1.54) is 0 Å². The van der Waals surface area contributed by atoms with Gasteiger partial charge in [-0.25, -0.2) is 0 Å². The van der Waals surface area contributed by atoms with Gasteiger partial charge in [-0.05, 0) is 11.5 Å². The van der Waals surface area contributed by atoms with E-state index < -0.39 is 4.74 Å². The molecule has 0 aliphatic carbocycles. The second-order valence-corrected chi connectivity index (χ2v) is 11.0. The number of halogens is 2. The van der Waals surface area contributed by atoms with Crippen molar-refractivity contribution in [3.63, 3.8) is 0 Å². The maximum absolute atomic E-state index is 6.00. The standard InChI is InChI=1S/C9H11Cl2PS/c1-7(2)8-5-3-4-6-9(8)12(10,11)13/h3-7H,1-2H3. The summed E-state index contributed by atoms with van der Waals surface area (Å²) in [5.74, 6) is 0.413. The van der Waals surface area contributed by atoms with Crippen molar-refractivity contribution < 1.29 is 0 Å². The molecule has 0 aromatic heterocycles. The molecule has 1 aromatic carbocycles. The van der Waals surface area contributed by atoms with E-state index in [4.69, 9.17) is 34.3 Å². The Labute approximate surface area is 93.8 Å². The third-order valence-electron chi connectivity index (χ3n) is 1.84. The molecule has 13 heavy (non-hydrogen) atoms. The van der Waals surface area contributed by atoms with Crippen LogP contribution in [0.15, 0.2) is 24.3 Å². The van der Waals surface area contributed by atoms with Crippen LogP contribution in [0.5, 0.6) is 0 Å². The van der Waals surface area contributed by atoms with Crippen LogP contribution in [0.1, 0.15) is 25.3 Å². The van der Waals surface area contributed by atoms with Gasteiger partial charge in [0.1, 0.15) is 4.74 Å². The topological polar surface area (TPSA) is 0 Å². The molecule has 4 heteroatoms. The summed E-state index contributed by atoms with van der Waals surface area (Å²) in [7, 11) is 0. The molecule has 0 bridgehead atoms. The molecule has 0 spiro atoms. The van der Waals surface area contributed by atoms with Crippen molar-refractivity contribution in [2.24, 2.45) is 0 Å². The second-order valence-electron chi connectivity index (χ2n) is 3.18. The van der Waals surface area contributed by atoms with Crippen molar-refractivity contribution in [3.8, 4) is 0 Å². The largest absolute Gasteiger partial charge is 0.147 e. The minimum atomic E-state index is -2.33. The third-order valence-corrected chi connectivity index (χ3v) is 4.49. The average molecular weight is 253 g/mol. The van der Waals surface area contributed by atoms with Crippen molar-refractivity contribution in [3.05, 3.63) is 29.8 Å². The van der Waals surface area contributed by atoms with Crippen LogP contribution in [-0.4, -0.2) is 0 Å². The van der Waals surface area contributed by atoms with Gasteiger partial charge in [0.2, 0.25) is 0 Å². The Bertz CT molecular complexity index is 343. The lowest BCUT2D eigenvalue weighted by Gasteiger charge is -2.14. The maximum atomic E-state index is 6.00. The van der Waals surface area contributed by atoms with Crippen LogP contribution < -0.4 is 5.30 Å². The van der Waals surface area contributed by atoms with Gasteiger partial charge in [-0.15, -0.1) is 0 Å². The Kier molecular flexibility index (Phi) is 3.82. The SMILES string of the molecule is CC(C)c1ccccc1P(=S)(Cl)Cl. The highest BCUT2D eigenvalue weighted by Gasteiger charge is 2.17. The minimum Gasteiger partial charge on any atom is -0.0633 e. The molecular weight excluding hydrogens is 242 g/mol. The Morgan fingerprint density at radius 2 is 1.77 bits per heavy atom. The predicted octanol–water partition coefficient (Wildman–Crippen LogP) is 4.22. The minimum absolute atomic E-state index is 0.413. The molecule has 0 heterocycles. The van der Waals surface area contributed by atoms with Crippen LogP contribution in [0.2, 0.25) is 0 Å². The normalized spacial score (nSPS) is 12.1. The number of rotatable bonds is 2. The van der Waals surface area contributed by atoms with Crippen LogP contribution in [0.25, 0.3) is 0 Å².